The van der Waals surface area contributed by atoms with Gasteiger partial charge in [-0.3, -0.25) is 0 Å². The van der Waals surface area contributed by atoms with Crippen LogP contribution in [0.25, 0.3) is 0 Å². The van der Waals surface area contributed by atoms with Gasteiger partial charge in [0.15, 0.2) is 0 Å². The molecule has 0 radical (unpaired) electrons. The summed E-state index contributed by atoms with van der Waals surface area (Å²) in [6, 6.07) is 10.9. The van der Waals surface area contributed by atoms with Crippen molar-refractivity contribution in [3.05, 3.63) is 52.4 Å². The van der Waals surface area contributed by atoms with Crippen molar-refractivity contribution in [2.75, 3.05) is 0 Å². The van der Waals surface area contributed by atoms with Crippen LogP contribution < -0.4 is 5.32 Å². The first-order chi connectivity index (χ1) is 9.15. The molecule has 1 aromatic carbocycles. The molecule has 0 aliphatic rings. The summed E-state index contributed by atoms with van der Waals surface area (Å²) in [7, 11) is 0. The minimum atomic E-state index is 0.488. The van der Waals surface area contributed by atoms with Gasteiger partial charge in [-0.1, -0.05) is 29.8 Å². The quantitative estimate of drug-likeness (QED) is 0.763. The molecule has 0 saturated carbocycles. The summed E-state index contributed by atoms with van der Waals surface area (Å²) >= 11 is 5.35. The third-order valence-electron chi connectivity index (χ3n) is 2.67. The van der Waals surface area contributed by atoms with E-state index in [2.05, 4.69) is 53.3 Å². The molecule has 0 spiro atoms. The van der Waals surface area contributed by atoms with E-state index in [-0.39, 0.29) is 0 Å². The smallest absolute Gasteiger partial charge is 0.113 e. The molecule has 0 amide bonds. The molecule has 1 N–H and O–H groups in total. The number of hydrogen-bond donors (Lipinski definition) is 1. The van der Waals surface area contributed by atoms with Crippen LogP contribution in [0.3, 0.4) is 0 Å². The van der Waals surface area contributed by atoms with Crippen molar-refractivity contribution in [2.45, 2.75) is 37.1 Å². The summed E-state index contributed by atoms with van der Waals surface area (Å²) in [4.78, 5) is 1.30. The molecule has 19 heavy (non-hydrogen) atoms. The molecule has 2 aromatic rings. The molecule has 0 atom stereocenters. The molecule has 2 nitrogen and oxygen atoms in total. The highest BCUT2D eigenvalue weighted by Crippen LogP contribution is 2.28. The van der Waals surface area contributed by atoms with E-state index >= 15 is 0 Å². The maximum atomic E-state index is 5.37. The third kappa shape index (κ3) is 4.71. The molecule has 0 bridgehead atoms. The Morgan fingerprint density at radius 3 is 2.84 bits per heavy atom. The van der Waals surface area contributed by atoms with Crippen molar-refractivity contribution in [2.24, 2.45) is 0 Å². The van der Waals surface area contributed by atoms with Gasteiger partial charge in [-0.05, 0) is 35.9 Å². The largest absolute Gasteiger partial charge is 0.468 e. The van der Waals surface area contributed by atoms with E-state index in [4.69, 9.17) is 4.42 Å². The van der Waals surface area contributed by atoms with Gasteiger partial charge in [-0.15, -0.1) is 11.8 Å². The average molecular weight is 340 g/mol. The van der Waals surface area contributed by atoms with Gasteiger partial charge < -0.3 is 9.73 Å². The Kier molecular flexibility index (Phi) is 5.55. The minimum absolute atomic E-state index is 0.488. The predicted octanol–water partition coefficient (Wildman–Crippen LogP) is 4.83. The molecular formula is C15H18BrNOS. The second kappa shape index (κ2) is 7.17. The Bertz CT molecular complexity index is 511. The summed E-state index contributed by atoms with van der Waals surface area (Å²) in [5, 5.41) is 3.46. The lowest BCUT2D eigenvalue weighted by Gasteiger charge is -2.12. The molecule has 0 aliphatic carbocycles. The zero-order valence-corrected chi connectivity index (χ0v) is 13.6. The Morgan fingerprint density at radius 1 is 1.32 bits per heavy atom. The lowest BCUT2D eigenvalue weighted by Crippen LogP contribution is -2.22. The molecule has 102 valence electrons. The van der Waals surface area contributed by atoms with E-state index in [0.29, 0.717) is 6.04 Å². The Hall–Kier alpha value is -0.710. The Morgan fingerprint density at radius 2 is 2.16 bits per heavy atom. The fraction of sp³-hybridized carbons (Fsp3) is 0.333. The van der Waals surface area contributed by atoms with Crippen molar-refractivity contribution >= 4 is 27.7 Å². The van der Waals surface area contributed by atoms with Crippen LogP contribution in [0.5, 0.6) is 0 Å². The first kappa shape index (κ1) is 14.7. The van der Waals surface area contributed by atoms with Crippen molar-refractivity contribution in [1.29, 1.82) is 0 Å². The van der Waals surface area contributed by atoms with Gasteiger partial charge >= 0.3 is 0 Å². The molecule has 0 unspecified atom stereocenters. The van der Waals surface area contributed by atoms with Crippen LogP contribution >= 0.6 is 27.7 Å². The summed E-state index contributed by atoms with van der Waals surface area (Å²) in [5.41, 5.74) is 1.32. The number of hydrogen-bond acceptors (Lipinski definition) is 3. The number of nitrogens with one attached hydrogen (secondary N) is 1. The van der Waals surface area contributed by atoms with Crippen LogP contribution in [-0.2, 0) is 12.3 Å². The van der Waals surface area contributed by atoms with Crippen LogP contribution in [0.1, 0.15) is 25.2 Å². The predicted molar refractivity (Wildman–Crippen MR) is 84.4 cm³/mol. The number of thioether (sulfide) groups is 1. The molecule has 1 aromatic heterocycles. The summed E-state index contributed by atoms with van der Waals surface area (Å²) < 4.78 is 6.49. The van der Waals surface area contributed by atoms with Crippen LogP contribution in [0, 0.1) is 0 Å². The third-order valence-corrected chi connectivity index (χ3v) is 4.30. The molecule has 2 rings (SSSR count). The fourth-order valence-corrected chi connectivity index (χ4v) is 3.04. The number of benzene rings is 1. The van der Waals surface area contributed by atoms with E-state index in [0.717, 1.165) is 22.5 Å². The van der Waals surface area contributed by atoms with Crippen molar-refractivity contribution in [3.63, 3.8) is 0 Å². The van der Waals surface area contributed by atoms with Crippen LogP contribution in [0.15, 0.2) is 50.4 Å². The van der Waals surface area contributed by atoms with E-state index in [1.54, 1.807) is 6.26 Å². The standard InChI is InChI=1S/C15H18BrNOS/c1-11(2)17-9-12-8-13(16)5-6-15(12)19-10-14-4-3-7-18-14/h3-8,11,17H,9-10H2,1-2H3. The van der Waals surface area contributed by atoms with Gasteiger partial charge in [-0.2, -0.15) is 0 Å². The number of furan rings is 1. The fourth-order valence-electron chi connectivity index (χ4n) is 1.68. The van der Waals surface area contributed by atoms with Gasteiger partial charge in [0, 0.05) is 22.0 Å². The maximum Gasteiger partial charge on any atom is 0.113 e. The van der Waals surface area contributed by atoms with Crippen LogP contribution in [0.2, 0.25) is 0 Å². The van der Waals surface area contributed by atoms with Crippen molar-refractivity contribution < 1.29 is 4.42 Å². The number of halogens is 1. The topological polar surface area (TPSA) is 25.2 Å². The summed E-state index contributed by atoms with van der Waals surface area (Å²) in [6.45, 7) is 5.21. The first-order valence-electron chi connectivity index (χ1n) is 6.32. The lowest BCUT2D eigenvalue weighted by atomic mass is 10.2. The van der Waals surface area contributed by atoms with Gasteiger partial charge in [0.25, 0.3) is 0 Å². The normalized spacial score (nSPS) is 11.2. The molecule has 0 fully saturated rings. The first-order valence-corrected chi connectivity index (χ1v) is 8.10. The van der Waals surface area contributed by atoms with Gasteiger partial charge in [0.05, 0.1) is 12.0 Å². The molecule has 4 heteroatoms. The zero-order valence-electron chi connectivity index (χ0n) is 11.2. The van der Waals surface area contributed by atoms with E-state index in [1.807, 2.05) is 23.9 Å². The second-order valence-corrected chi connectivity index (χ2v) is 6.59. The SMILES string of the molecule is CC(C)NCc1cc(Br)ccc1SCc1ccco1. The summed E-state index contributed by atoms with van der Waals surface area (Å²) in [5.74, 6) is 1.87. The van der Waals surface area contributed by atoms with Crippen molar-refractivity contribution in [1.82, 2.24) is 5.32 Å². The second-order valence-electron chi connectivity index (χ2n) is 4.66. The molecule has 0 aliphatic heterocycles. The maximum absolute atomic E-state index is 5.37. The minimum Gasteiger partial charge on any atom is -0.468 e. The van der Waals surface area contributed by atoms with E-state index in [1.165, 1.54) is 10.5 Å². The highest BCUT2D eigenvalue weighted by molar-refractivity contribution is 9.10. The van der Waals surface area contributed by atoms with E-state index < -0.39 is 0 Å². The van der Waals surface area contributed by atoms with Gasteiger partial charge in [0.1, 0.15) is 5.76 Å². The average Bonchev–Trinajstić information content (AvgIpc) is 2.88. The highest BCUT2D eigenvalue weighted by Gasteiger charge is 2.06. The summed E-state index contributed by atoms with van der Waals surface area (Å²) in [6.07, 6.45) is 1.72. The monoisotopic (exact) mass is 339 g/mol. The number of rotatable bonds is 6. The lowest BCUT2D eigenvalue weighted by molar-refractivity contribution is 0.530. The zero-order chi connectivity index (χ0) is 13.7. The Balaban J connectivity index is 2.05. The highest BCUT2D eigenvalue weighted by atomic mass is 79.9. The van der Waals surface area contributed by atoms with Crippen LogP contribution in [-0.4, -0.2) is 6.04 Å². The Labute approximate surface area is 127 Å². The van der Waals surface area contributed by atoms with Crippen molar-refractivity contribution in [3.8, 4) is 0 Å². The van der Waals surface area contributed by atoms with E-state index in [9.17, 15) is 0 Å². The molecular weight excluding hydrogens is 322 g/mol. The van der Waals surface area contributed by atoms with Crippen LogP contribution in [0.4, 0.5) is 0 Å². The molecule has 0 saturated heterocycles. The van der Waals surface area contributed by atoms with Gasteiger partial charge in [-0.25, -0.2) is 0 Å². The molecule has 1 heterocycles. The van der Waals surface area contributed by atoms with Gasteiger partial charge in [0.2, 0.25) is 0 Å².